The molecule has 0 radical (unpaired) electrons. The zero-order valence-electron chi connectivity index (χ0n) is 21.7. The number of anilines is 1. The predicted octanol–water partition coefficient (Wildman–Crippen LogP) is 2.44. The molecule has 0 aliphatic carbocycles. The summed E-state index contributed by atoms with van der Waals surface area (Å²) in [5, 5.41) is 5.37. The van der Waals surface area contributed by atoms with Gasteiger partial charge in [-0.3, -0.25) is 34.2 Å². The number of carbonyl (C=O) groups is 5. The van der Waals surface area contributed by atoms with Crippen LogP contribution in [0, 0.1) is 5.41 Å². The summed E-state index contributed by atoms with van der Waals surface area (Å²) >= 11 is 0. The number of amides is 5. The number of piperidine rings is 2. The molecule has 4 heterocycles. The van der Waals surface area contributed by atoms with Gasteiger partial charge in [0.1, 0.15) is 11.8 Å². The van der Waals surface area contributed by atoms with Crippen molar-refractivity contribution in [3.8, 4) is 0 Å². The quantitative estimate of drug-likeness (QED) is 0.572. The van der Waals surface area contributed by atoms with Crippen molar-refractivity contribution in [3.63, 3.8) is 0 Å². The van der Waals surface area contributed by atoms with E-state index in [1.165, 1.54) is 0 Å². The molecule has 0 saturated carbocycles. The Bertz CT molecular complexity index is 1320. The van der Waals surface area contributed by atoms with Crippen LogP contribution in [0.15, 0.2) is 28.8 Å². The lowest BCUT2D eigenvalue weighted by atomic mass is 9.91. The summed E-state index contributed by atoms with van der Waals surface area (Å²) in [4.78, 5) is 69.9. The molecule has 5 rings (SSSR count). The smallest absolute Gasteiger partial charge is 0.264 e. The topological polar surface area (TPSA) is 142 Å². The van der Waals surface area contributed by atoms with Crippen LogP contribution >= 0.6 is 0 Å². The van der Waals surface area contributed by atoms with Crippen LogP contribution in [0.3, 0.4) is 0 Å². The number of likely N-dealkylation sites (tertiary alicyclic amines) is 1. The molecule has 2 saturated heterocycles. The van der Waals surface area contributed by atoms with Gasteiger partial charge in [-0.05, 0) is 31.4 Å². The van der Waals surface area contributed by atoms with Crippen molar-refractivity contribution in [2.75, 3.05) is 18.4 Å². The van der Waals surface area contributed by atoms with Crippen LogP contribution in [0.2, 0.25) is 0 Å². The van der Waals surface area contributed by atoms with Crippen molar-refractivity contribution in [2.24, 2.45) is 5.41 Å². The third-order valence-corrected chi connectivity index (χ3v) is 7.27. The monoisotopic (exact) mass is 521 g/mol. The number of oxazole rings is 1. The fraction of sp³-hybridized carbons (Fsp3) is 0.481. The fourth-order valence-corrected chi connectivity index (χ4v) is 5.24. The Morgan fingerprint density at radius 1 is 1.11 bits per heavy atom. The van der Waals surface area contributed by atoms with Crippen LogP contribution in [0.4, 0.5) is 5.69 Å². The van der Waals surface area contributed by atoms with Gasteiger partial charge in [-0.15, -0.1) is 0 Å². The summed E-state index contributed by atoms with van der Waals surface area (Å²) in [6.45, 7) is 7.33. The number of carbonyl (C=O) groups excluding carboxylic acids is 5. The summed E-state index contributed by atoms with van der Waals surface area (Å²) in [6, 6.07) is 3.89. The van der Waals surface area contributed by atoms with E-state index in [2.05, 4.69) is 15.6 Å². The lowest BCUT2D eigenvalue weighted by Crippen LogP contribution is -2.54. The number of hydrogen-bond donors (Lipinski definition) is 2. The zero-order chi connectivity index (χ0) is 27.2. The van der Waals surface area contributed by atoms with Gasteiger partial charge in [-0.1, -0.05) is 26.8 Å². The number of imide groups is 2. The second kappa shape index (κ2) is 9.70. The van der Waals surface area contributed by atoms with E-state index in [0.29, 0.717) is 30.4 Å². The summed E-state index contributed by atoms with van der Waals surface area (Å²) in [5.41, 5.74) is 0.442. The molecule has 1 aromatic carbocycles. The molecule has 38 heavy (non-hydrogen) atoms. The zero-order valence-corrected chi connectivity index (χ0v) is 21.7. The first-order valence-corrected chi connectivity index (χ1v) is 12.9. The highest BCUT2D eigenvalue weighted by Crippen LogP contribution is 2.33. The van der Waals surface area contributed by atoms with Crippen LogP contribution in [-0.2, 0) is 20.9 Å². The number of fused-ring (bicyclic) bond motifs is 1. The highest BCUT2D eigenvalue weighted by atomic mass is 16.4. The molecule has 11 nitrogen and oxygen atoms in total. The molecule has 2 fully saturated rings. The van der Waals surface area contributed by atoms with Crippen LogP contribution in [0.1, 0.15) is 84.7 Å². The van der Waals surface area contributed by atoms with E-state index < -0.39 is 35.1 Å². The predicted molar refractivity (Wildman–Crippen MR) is 135 cm³/mol. The first-order chi connectivity index (χ1) is 18.0. The van der Waals surface area contributed by atoms with Crippen molar-refractivity contribution < 1.29 is 28.4 Å². The summed E-state index contributed by atoms with van der Waals surface area (Å²) in [7, 11) is 0. The standard InChI is InChI=1S/C27H31N5O6/c1-27(2,3)26(37)31-11-9-15(10-12-31)23-29-14-16(38-23)13-28-18-6-4-5-17-21(18)25(36)32(24(17)35)19-7-8-20(33)30-22(19)34/h4-6,14-15,19,28H,7-13H2,1-3H3,(H,30,33,34). The number of aromatic nitrogens is 1. The molecule has 2 N–H and O–H groups in total. The van der Waals surface area contributed by atoms with Gasteiger partial charge in [-0.2, -0.15) is 0 Å². The van der Waals surface area contributed by atoms with Crippen molar-refractivity contribution >= 4 is 35.2 Å². The Morgan fingerprint density at radius 3 is 2.53 bits per heavy atom. The van der Waals surface area contributed by atoms with Gasteiger partial charge in [0.05, 0.1) is 23.9 Å². The number of nitrogens with zero attached hydrogens (tertiary/aromatic N) is 3. The van der Waals surface area contributed by atoms with Gasteiger partial charge in [0.25, 0.3) is 11.8 Å². The highest BCUT2D eigenvalue weighted by Gasteiger charge is 2.45. The summed E-state index contributed by atoms with van der Waals surface area (Å²) in [6.07, 6.45) is 3.35. The lowest BCUT2D eigenvalue weighted by molar-refractivity contribution is -0.140. The van der Waals surface area contributed by atoms with E-state index in [4.69, 9.17) is 4.42 Å². The molecule has 11 heteroatoms. The minimum Gasteiger partial charge on any atom is -0.444 e. The Hall–Kier alpha value is -4.02. The van der Waals surface area contributed by atoms with Crippen LogP contribution in [-0.4, -0.2) is 63.5 Å². The number of rotatable bonds is 5. The van der Waals surface area contributed by atoms with Gasteiger partial charge in [0.15, 0.2) is 5.89 Å². The molecule has 200 valence electrons. The fourth-order valence-electron chi connectivity index (χ4n) is 5.24. The van der Waals surface area contributed by atoms with Gasteiger partial charge < -0.3 is 14.6 Å². The Morgan fingerprint density at radius 2 is 1.84 bits per heavy atom. The maximum Gasteiger partial charge on any atom is 0.264 e. The Labute approximate surface area is 219 Å². The first kappa shape index (κ1) is 25.6. The normalized spacial score (nSPS) is 20.6. The van der Waals surface area contributed by atoms with E-state index in [1.807, 2.05) is 25.7 Å². The molecule has 3 aliphatic rings. The summed E-state index contributed by atoms with van der Waals surface area (Å²) < 4.78 is 5.99. The van der Waals surface area contributed by atoms with E-state index in [9.17, 15) is 24.0 Å². The van der Waals surface area contributed by atoms with E-state index in [-0.39, 0.29) is 42.3 Å². The molecule has 1 aromatic heterocycles. The molecular formula is C27H31N5O6. The van der Waals surface area contributed by atoms with Gasteiger partial charge in [0, 0.05) is 36.5 Å². The van der Waals surface area contributed by atoms with Crippen LogP contribution in [0.25, 0.3) is 0 Å². The Balaban J connectivity index is 1.24. The van der Waals surface area contributed by atoms with E-state index in [0.717, 1.165) is 17.7 Å². The van der Waals surface area contributed by atoms with E-state index in [1.54, 1.807) is 24.4 Å². The average molecular weight is 522 g/mol. The summed E-state index contributed by atoms with van der Waals surface area (Å²) in [5.74, 6) is -0.724. The second-order valence-electron chi connectivity index (χ2n) is 11.0. The van der Waals surface area contributed by atoms with Crippen molar-refractivity contribution in [1.82, 2.24) is 20.1 Å². The maximum absolute atomic E-state index is 13.2. The number of benzene rings is 1. The van der Waals surface area contributed by atoms with Crippen LogP contribution < -0.4 is 10.6 Å². The lowest BCUT2D eigenvalue weighted by Gasteiger charge is -2.34. The number of nitrogens with one attached hydrogen (secondary N) is 2. The molecule has 1 atom stereocenters. The van der Waals surface area contributed by atoms with Gasteiger partial charge >= 0.3 is 0 Å². The molecule has 0 spiro atoms. The van der Waals surface area contributed by atoms with Crippen molar-refractivity contribution in [2.45, 2.75) is 65.0 Å². The van der Waals surface area contributed by atoms with Gasteiger partial charge in [0.2, 0.25) is 17.7 Å². The molecule has 0 bridgehead atoms. The van der Waals surface area contributed by atoms with Crippen molar-refractivity contribution in [3.05, 3.63) is 47.2 Å². The van der Waals surface area contributed by atoms with Crippen molar-refractivity contribution in [1.29, 1.82) is 0 Å². The average Bonchev–Trinajstić information content (AvgIpc) is 3.45. The largest absolute Gasteiger partial charge is 0.444 e. The Kier molecular flexibility index (Phi) is 6.54. The van der Waals surface area contributed by atoms with E-state index >= 15 is 0 Å². The molecule has 3 aliphatic heterocycles. The first-order valence-electron chi connectivity index (χ1n) is 12.9. The maximum atomic E-state index is 13.2. The minimum absolute atomic E-state index is 0.0642. The third-order valence-electron chi connectivity index (χ3n) is 7.27. The minimum atomic E-state index is -1.02. The third kappa shape index (κ3) is 4.68. The molecular weight excluding hydrogens is 490 g/mol. The number of hydrogen-bond acceptors (Lipinski definition) is 8. The molecule has 2 aromatic rings. The highest BCUT2D eigenvalue weighted by molar-refractivity contribution is 6.25. The SMILES string of the molecule is CC(C)(C)C(=O)N1CCC(c2ncc(CNc3cccc4c3C(=O)N(C3CCC(=O)NC3=O)C4=O)o2)CC1. The molecule has 5 amide bonds. The second-order valence-corrected chi connectivity index (χ2v) is 11.0. The molecule has 1 unspecified atom stereocenters. The van der Waals surface area contributed by atoms with Gasteiger partial charge in [-0.25, -0.2) is 4.98 Å². The van der Waals surface area contributed by atoms with Crippen LogP contribution in [0.5, 0.6) is 0 Å².